The molecule has 0 aliphatic carbocycles. The third-order valence-electron chi connectivity index (χ3n) is 3.24. The van der Waals surface area contributed by atoms with Gasteiger partial charge in [0.15, 0.2) is 0 Å². The summed E-state index contributed by atoms with van der Waals surface area (Å²) in [5.41, 5.74) is 0.584. The van der Waals surface area contributed by atoms with E-state index in [9.17, 15) is 9.59 Å². The fourth-order valence-electron chi connectivity index (χ4n) is 2.21. The van der Waals surface area contributed by atoms with Crippen molar-refractivity contribution in [2.75, 3.05) is 0 Å². The van der Waals surface area contributed by atoms with Gasteiger partial charge < -0.3 is 0 Å². The zero-order valence-corrected chi connectivity index (χ0v) is 11.5. The van der Waals surface area contributed by atoms with E-state index in [2.05, 4.69) is 0 Å². The maximum atomic E-state index is 12.4. The topological polar surface area (TPSA) is 44.0 Å². The van der Waals surface area contributed by atoms with Crippen LogP contribution >= 0.6 is 11.6 Å². The molecule has 0 aliphatic rings. The molecular weight excluding hydrogens is 276 g/mol. The van der Waals surface area contributed by atoms with Crippen molar-refractivity contribution in [3.05, 3.63) is 74.4 Å². The number of para-hydroxylation sites is 1. The molecule has 0 N–H and O–H groups in total. The Labute approximate surface area is 119 Å². The molecule has 20 heavy (non-hydrogen) atoms. The van der Waals surface area contributed by atoms with Crippen LogP contribution in [0, 0.1) is 0 Å². The van der Waals surface area contributed by atoms with Crippen molar-refractivity contribution < 1.29 is 0 Å². The van der Waals surface area contributed by atoms with E-state index < -0.39 is 0 Å². The summed E-state index contributed by atoms with van der Waals surface area (Å²) in [5, 5.41) is 1.10. The van der Waals surface area contributed by atoms with E-state index in [1.807, 2.05) is 0 Å². The van der Waals surface area contributed by atoms with Crippen LogP contribution in [0.3, 0.4) is 0 Å². The highest BCUT2D eigenvalue weighted by atomic mass is 35.5. The Morgan fingerprint density at radius 2 is 1.60 bits per heavy atom. The smallest absolute Gasteiger partial charge is 0.268 e. The first kappa shape index (κ1) is 12.7. The Kier molecular flexibility index (Phi) is 2.95. The molecule has 0 saturated heterocycles. The van der Waals surface area contributed by atoms with Crippen LogP contribution in [0.15, 0.2) is 58.1 Å². The van der Waals surface area contributed by atoms with Crippen LogP contribution in [0.5, 0.6) is 0 Å². The highest BCUT2D eigenvalue weighted by Crippen LogP contribution is 2.16. The lowest BCUT2D eigenvalue weighted by Crippen LogP contribution is -2.37. The first-order valence-electron chi connectivity index (χ1n) is 6.06. The van der Waals surface area contributed by atoms with Gasteiger partial charge in [-0.15, -0.1) is 0 Å². The van der Waals surface area contributed by atoms with Crippen molar-refractivity contribution in [2.24, 2.45) is 7.05 Å². The van der Waals surface area contributed by atoms with E-state index in [1.54, 1.807) is 48.5 Å². The molecular formula is C15H11ClN2O2. The summed E-state index contributed by atoms with van der Waals surface area (Å²) in [7, 11) is 1.48. The van der Waals surface area contributed by atoms with E-state index in [0.717, 1.165) is 4.57 Å². The maximum Gasteiger partial charge on any atom is 0.335 e. The van der Waals surface area contributed by atoms with E-state index in [1.165, 1.54) is 11.6 Å². The third kappa shape index (κ3) is 1.85. The standard InChI is InChI=1S/C15H11ClN2O2/c1-17-14(19)12-4-2-3-5-13(12)18(15(17)20)11-8-6-10(16)7-9-11/h2-9H,1H3. The lowest BCUT2D eigenvalue weighted by molar-refractivity contribution is 0.752. The average Bonchev–Trinajstić information content (AvgIpc) is 2.47. The Hall–Kier alpha value is -2.33. The molecule has 0 unspecified atom stereocenters. The second-order valence-electron chi connectivity index (χ2n) is 4.48. The van der Waals surface area contributed by atoms with Crippen molar-refractivity contribution in [1.82, 2.24) is 9.13 Å². The lowest BCUT2D eigenvalue weighted by Gasteiger charge is -2.11. The summed E-state index contributed by atoms with van der Waals surface area (Å²) < 4.78 is 2.62. The van der Waals surface area contributed by atoms with Gasteiger partial charge >= 0.3 is 5.69 Å². The fourth-order valence-corrected chi connectivity index (χ4v) is 2.34. The van der Waals surface area contributed by atoms with Gasteiger partial charge in [0.1, 0.15) is 0 Å². The number of halogens is 1. The molecule has 0 amide bonds. The Bertz CT molecular complexity index is 908. The molecule has 2 aromatic carbocycles. The van der Waals surface area contributed by atoms with Gasteiger partial charge in [-0.25, -0.2) is 4.79 Å². The molecule has 0 saturated carbocycles. The zero-order valence-electron chi connectivity index (χ0n) is 10.7. The SMILES string of the molecule is Cn1c(=O)c2ccccc2n(-c2ccc(Cl)cc2)c1=O. The molecule has 5 heteroatoms. The summed E-state index contributed by atoms with van der Waals surface area (Å²) in [6.07, 6.45) is 0. The third-order valence-corrected chi connectivity index (χ3v) is 3.50. The van der Waals surface area contributed by atoms with Gasteiger partial charge in [0.2, 0.25) is 0 Å². The van der Waals surface area contributed by atoms with Crippen LogP contribution in [-0.4, -0.2) is 9.13 Å². The molecule has 3 rings (SSSR count). The van der Waals surface area contributed by atoms with Crippen molar-refractivity contribution in [2.45, 2.75) is 0 Å². The van der Waals surface area contributed by atoms with E-state index in [4.69, 9.17) is 11.6 Å². The quantitative estimate of drug-likeness (QED) is 0.689. The first-order chi connectivity index (χ1) is 9.59. The Morgan fingerprint density at radius 1 is 0.950 bits per heavy atom. The van der Waals surface area contributed by atoms with E-state index in [0.29, 0.717) is 21.6 Å². The maximum absolute atomic E-state index is 12.4. The molecule has 0 aliphatic heterocycles. The molecule has 0 spiro atoms. The number of benzene rings is 2. The molecule has 3 aromatic rings. The number of nitrogens with zero attached hydrogens (tertiary/aromatic N) is 2. The van der Waals surface area contributed by atoms with Gasteiger partial charge in [-0.2, -0.15) is 0 Å². The van der Waals surface area contributed by atoms with Crippen LogP contribution in [0.2, 0.25) is 5.02 Å². The largest absolute Gasteiger partial charge is 0.335 e. The minimum Gasteiger partial charge on any atom is -0.268 e. The van der Waals surface area contributed by atoms with Crippen molar-refractivity contribution in [3.8, 4) is 5.69 Å². The minimum absolute atomic E-state index is 0.296. The normalized spacial score (nSPS) is 10.9. The predicted molar refractivity (Wildman–Crippen MR) is 79.8 cm³/mol. The Morgan fingerprint density at radius 3 is 2.30 bits per heavy atom. The predicted octanol–water partition coefficient (Wildman–Crippen LogP) is 2.34. The van der Waals surface area contributed by atoms with Gasteiger partial charge in [0.05, 0.1) is 16.6 Å². The summed E-state index contributed by atoms with van der Waals surface area (Å²) in [6, 6.07) is 14.0. The fraction of sp³-hybridized carbons (Fsp3) is 0.0667. The monoisotopic (exact) mass is 286 g/mol. The van der Waals surface area contributed by atoms with Crippen LogP contribution in [0.25, 0.3) is 16.6 Å². The van der Waals surface area contributed by atoms with Crippen molar-refractivity contribution in [1.29, 1.82) is 0 Å². The van der Waals surface area contributed by atoms with Crippen LogP contribution in [-0.2, 0) is 7.05 Å². The second-order valence-corrected chi connectivity index (χ2v) is 4.91. The average molecular weight is 287 g/mol. The number of aromatic nitrogens is 2. The summed E-state index contributed by atoms with van der Waals surface area (Å²) >= 11 is 5.87. The summed E-state index contributed by atoms with van der Waals surface area (Å²) in [5.74, 6) is 0. The molecule has 0 bridgehead atoms. The number of rotatable bonds is 1. The molecule has 1 aromatic heterocycles. The number of fused-ring (bicyclic) bond motifs is 1. The summed E-state index contributed by atoms with van der Waals surface area (Å²) in [6.45, 7) is 0. The molecule has 1 heterocycles. The molecule has 100 valence electrons. The number of hydrogen-bond donors (Lipinski definition) is 0. The molecule has 4 nitrogen and oxygen atoms in total. The van der Waals surface area contributed by atoms with Crippen LogP contribution < -0.4 is 11.2 Å². The summed E-state index contributed by atoms with van der Waals surface area (Å²) in [4.78, 5) is 24.5. The van der Waals surface area contributed by atoms with Gasteiger partial charge in [-0.05, 0) is 36.4 Å². The van der Waals surface area contributed by atoms with Gasteiger partial charge in [-0.1, -0.05) is 23.7 Å². The molecule has 0 radical (unpaired) electrons. The van der Waals surface area contributed by atoms with Crippen LogP contribution in [0.1, 0.15) is 0 Å². The zero-order chi connectivity index (χ0) is 14.3. The van der Waals surface area contributed by atoms with Crippen LogP contribution in [0.4, 0.5) is 0 Å². The molecule has 0 fully saturated rings. The first-order valence-corrected chi connectivity index (χ1v) is 6.44. The highest BCUT2D eigenvalue weighted by Gasteiger charge is 2.11. The van der Waals surface area contributed by atoms with Crippen molar-refractivity contribution >= 4 is 22.5 Å². The van der Waals surface area contributed by atoms with Gasteiger partial charge in [-0.3, -0.25) is 13.9 Å². The lowest BCUT2D eigenvalue weighted by atomic mass is 10.2. The van der Waals surface area contributed by atoms with E-state index in [-0.39, 0.29) is 11.2 Å². The van der Waals surface area contributed by atoms with Gasteiger partial charge in [0.25, 0.3) is 5.56 Å². The highest BCUT2D eigenvalue weighted by molar-refractivity contribution is 6.30. The Balaban J connectivity index is 2.50. The number of hydrogen-bond acceptors (Lipinski definition) is 2. The second kappa shape index (κ2) is 4.65. The van der Waals surface area contributed by atoms with E-state index >= 15 is 0 Å². The minimum atomic E-state index is -0.379. The van der Waals surface area contributed by atoms with Gasteiger partial charge in [0, 0.05) is 12.1 Å². The molecule has 0 atom stereocenters. The van der Waals surface area contributed by atoms with Crippen molar-refractivity contribution in [3.63, 3.8) is 0 Å².